The molecule has 0 radical (unpaired) electrons. The van der Waals surface area contributed by atoms with Crippen LogP contribution in [0.3, 0.4) is 0 Å². The fraction of sp³-hybridized carbons (Fsp3) is 0.207. The fourth-order valence-electron chi connectivity index (χ4n) is 4.86. The van der Waals surface area contributed by atoms with Gasteiger partial charge in [-0.1, -0.05) is 6.07 Å². The summed E-state index contributed by atoms with van der Waals surface area (Å²) in [5.41, 5.74) is 4.42. The summed E-state index contributed by atoms with van der Waals surface area (Å²) in [7, 11) is -4.24. The van der Waals surface area contributed by atoms with Gasteiger partial charge in [0.2, 0.25) is 15.2 Å². The quantitative estimate of drug-likeness (QED) is 0.201. The number of carbonyl (C=O) groups is 1. The summed E-state index contributed by atoms with van der Waals surface area (Å²) in [6.45, 7) is 1.93. The molecular weight excluding hydrogens is 603 g/mol. The van der Waals surface area contributed by atoms with E-state index in [9.17, 15) is 22.7 Å². The van der Waals surface area contributed by atoms with Crippen molar-refractivity contribution in [3.8, 4) is 26.8 Å². The molecule has 1 fully saturated rings. The maximum atomic E-state index is 15.1. The van der Waals surface area contributed by atoms with Gasteiger partial charge in [0.25, 0.3) is 0 Å². The van der Waals surface area contributed by atoms with E-state index in [0.717, 1.165) is 58.0 Å². The number of halogens is 2. The SMILES string of the molecule is Cc1csc(-c2cc(-c3c(Cc4ccc(S(N)(=O)=O)c(F)c4)c(CC4CC4)nn3-c3nc(C(=O)O)cs3)ccc2F)c1. The number of thiazole rings is 1. The van der Waals surface area contributed by atoms with Crippen molar-refractivity contribution in [2.24, 2.45) is 11.1 Å². The second kappa shape index (κ2) is 10.8. The summed E-state index contributed by atoms with van der Waals surface area (Å²) >= 11 is 2.54. The van der Waals surface area contributed by atoms with Crippen LogP contribution in [-0.2, 0) is 22.9 Å². The number of aromatic nitrogens is 3. The maximum absolute atomic E-state index is 15.1. The highest BCUT2D eigenvalue weighted by molar-refractivity contribution is 7.89. The molecule has 6 rings (SSSR count). The zero-order valence-electron chi connectivity index (χ0n) is 22.2. The van der Waals surface area contributed by atoms with E-state index in [1.165, 1.54) is 28.8 Å². The Morgan fingerprint density at radius 3 is 2.50 bits per heavy atom. The van der Waals surface area contributed by atoms with Gasteiger partial charge in [-0.3, -0.25) is 0 Å². The Bertz CT molecular complexity index is 1960. The van der Waals surface area contributed by atoms with Crippen molar-refractivity contribution in [2.75, 3.05) is 0 Å². The number of thiophene rings is 1. The highest BCUT2D eigenvalue weighted by atomic mass is 32.2. The van der Waals surface area contributed by atoms with Crippen molar-refractivity contribution >= 4 is 38.7 Å². The number of carboxylic acids is 1. The van der Waals surface area contributed by atoms with Crippen LogP contribution in [0.2, 0.25) is 0 Å². The van der Waals surface area contributed by atoms with Gasteiger partial charge in [0.1, 0.15) is 16.5 Å². The van der Waals surface area contributed by atoms with Crippen LogP contribution in [0.15, 0.2) is 58.1 Å². The minimum atomic E-state index is -4.24. The zero-order chi connectivity index (χ0) is 29.8. The standard InChI is InChI=1S/C29H24F2N4O4S3/c1-15-8-25(40-13-15)19-12-18(5-6-21(19)30)27-20(9-17-4-7-26(22(31)10-17)42(32,38)39)23(11-16-2-3-16)34-35(27)29-33-24(14-41-29)28(36)37/h4-8,10,12-14,16H,2-3,9,11H2,1H3,(H,36,37)(H2,32,38,39). The first-order chi connectivity index (χ1) is 20.0. The lowest BCUT2D eigenvalue weighted by molar-refractivity contribution is 0.0691. The van der Waals surface area contributed by atoms with Gasteiger partial charge < -0.3 is 5.11 Å². The molecule has 0 amide bonds. The normalized spacial score (nSPS) is 13.5. The van der Waals surface area contributed by atoms with E-state index in [4.69, 9.17) is 10.2 Å². The maximum Gasteiger partial charge on any atom is 0.355 e. The summed E-state index contributed by atoms with van der Waals surface area (Å²) in [6.07, 6.45) is 2.90. The summed E-state index contributed by atoms with van der Waals surface area (Å²) < 4.78 is 55.1. The highest BCUT2D eigenvalue weighted by Crippen LogP contribution is 2.40. The average molecular weight is 627 g/mol. The summed E-state index contributed by atoms with van der Waals surface area (Å²) in [5, 5.41) is 23.2. The number of sulfonamides is 1. The number of hydrogen-bond donors (Lipinski definition) is 2. The first-order valence-electron chi connectivity index (χ1n) is 12.9. The Balaban J connectivity index is 1.56. The lowest BCUT2D eigenvalue weighted by Crippen LogP contribution is -2.14. The minimum absolute atomic E-state index is 0.128. The Hall–Kier alpha value is -3.78. The number of hydrogen-bond acceptors (Lipinski definition) is 7. The van der Waals surface area contributed by atoms with Gasteiger partial charge in [-0.15, -0.1) is 22.7 Å². The molecule has 1 saturated carbocycles. The molecule has 1 aliphatic carbocycles. The Morgan fingerprint density at radius 1 is 1.10 bits per heavy atom. The van der Waals surface area contributed by atoms with Gasteiger partial charge in [0, 0.05) is 33.4 Å². The summed E-state index contributed by atoms with van der Waals surface area (Å²) in [6, 6.07) is 10.4. The second-order valence-electron chi connectivity index (χ2n) is 10.3. The molecule has 0 saturated heterocycles. The Labute approximate surface area is 248 Å². The number of rotatable bonds is 9. The molecule has 0 aliphatic heterocycles. The Kier molecular flexibility index (Phi) is 7.29. The van der Waals surface area contributed by atoms with Crippen LogP contribution in [0.1, 0.15) is 45.7 Å². The molecule has 13 heteroatoms. The molecule has 0 bridgehead atoms. The van der Waals surface area contributed by atoms with Crippen molar-refractivity contribution in [1.29, 1.82) is 0 Å². The third kappa shape index (κ3) is 5.64. The van der Waals surface area contributed by atoms with Crippen LogP contribution in [-0.4, -0.2) is 34.3 Å². The van der Waals surface area contributed by atoms with Crippen LogP contribution in [0, 0.1) is 24.5 Å². The van der Waals surface area contributed by atoms with Gasteiger partial charge in [-0.25, -0.2) is 36.8 Å². The third-order valence-electron chi connectivity index (χ3n) is 7.06. The second-order valence-corrected chi connectivity index (χ2v) is 13.6. The van der Waals surface area contributed by atoms with Crippen LogP contribution in [0.25, 0.3) is 26.8 Å². The monoisotopic (exact) mass is 626 g/mol. The molecule has 8 nitrogen and oxygen atoms in total. The molecule has 3 heterocycles. The zero-order valence-corrected chi connectivity index (χ0v) is 24.6. The van der Waals surface area contributed by atoms with E-state index in [1.807, 2.05) is 18.4 Å². The average Bonchev–Trinajstić information content (AvgIpc) is 3.28. The largest absolute Gasteiger partial charge is 0.476 e. The number of aryl methyl sites for hydroxylation is 1. The molecule has 3 aromatic heterocycles. The first kappa shape index (κ1) is 28.3. The van der Waals surface area contributed by atoms with Crippen molar-refractivity contribution in [1.82, 2.24) is 14.8 Å². The van der Waals surface area contributed by atoms with Gasteiger partial charge in [0.15, 0.2) is 5.69 Å². The predicted octanol–water partition coefficient (Wildman–Crippen LogP) is 6.20. The number of primary sulfonamides is 1. The van der Waals surface area contributed by atoms with Crippen molar-refractivity contribution in [2.45, 2.75) is 37.5 Å². The molecule has 2 aromatic carbocycles. The smallest absolute Gasteiger partial charge is 0.355 e. The molecule has 3 N–H and O–H groups in total. The number of nitrogens with zero attached hydrogens (tertiary/aromatic N) is 3. The Morgan fingerprint density at radius 2 is 1.88 bits per heavy atom. The van der Waals surface area contributed by atoms with Crippen molar-refractivity contribution in [3.63, 3.8) is 0 Å². The molecule has 0 unspecified atom stereocenters. The van der Waals surface area contributed by atoms with E-state index in [1.54, 1.807) is 16.8 Å². The lowest BCUT2D eigenvalue weighted by atomic mass is 9.95. The first-order valence-corrected chi connectivity index (χ1v) is 16.2. The minimum Gasteiger partial charge on any atom is -0.476 e. The third-order valence-corrected chi connectivity index (χ3v) is 9.90. The molecule has 0 atom stereocenters. The van der Waals surface area contributed by atoms with E-state index in [0.29, 0.717) is 39.9 Å². The van der Waals surface area contributed by atoms with Gasteiger partial charge in [-0.2, -0.15) is 5.10 Å². The van der Waals surface area contributed by atoms with E-state index < -0.39 is 32.5 Å². The van der Waals surface area contributed by atoms with Crippen LogP contribution < -0.4 is 5.14 Å². The predicted molar refractivity (Wildman–Crippen MR) is 157 cm³/mol. The lowest BCUT2D eigenvalue weighted by Gasteiger charge is -2.12. The topological polar surface area (TPSA) is 128 Å². The van der Waals surface area contributed by atoms with E-state index in [-0.39, 0.29) is 12.1 Å². The van der Waals surface area contributed by atoms with Gasteiger partial charge in [-0.05, 0) is 85.0 Å². The molecular formula is C29H24F2N4O4S3. The van der Waals surface area contributed by atoms with Gasteiger partial charge in [0.05, 0.1) is 11.4 Å². The molecule has 42 heavy (non-hydrogen) atoms. The number of nitrogens with two attached hydrogens (primary N) is 1. The molecule has 216 valence electrons. The summed E-state index contributed by atoms with van der Waals surface area (Å²) in [4.78, 5) is 16.1. The van der Waals surface area contributed by atoms with Crippen LogP contribution in [0.4, 0.5) is 8.78 Å². The van der Waals surface area contributed by atoms with Crippen molar-refractivity contribution < 1.29 is 27.1 Å². The fourth-order valence-corrected chi connectivity index (χ4v) is 7.12. The van der Waals surface area contributed by atoms with E-state index in [2.05, 4.69) is 4.98 Å². The number of aromatic carboxylic acids is 1. The van der Waals surface area contributed by atoms with Gasteiger partial charge >= 0.3 is 5.97 Å². The van der Waals surface area contributed by atoms with Crippen molar-refractivity contribution in [3.05, 3.63) is 92.9 Å². The summed E-state index contributed by atoms with van der Waals surface area (Å²) in [5.74, 6) is -2.11. The number of benzene rings is 2. The molecule has 1 aliphatic rings. The molecule has 5 aromatic rings. The highest BCUT2D eigenvalue weighted by Gasteiger charge is 2.29. The van der Waals surface area contributed by atoms with Crippen LogP contribution >= 0.6 is 22.7 Å². The molecule has 0 spiro atoms. The van der Waals surface area contributed by atoms with E-state index >= 15 is 4.39 Å². The number of carboxylic acid groups (broad SMARTS) is 1. The van der Waals surface area contributed by atoms with Crippen LogP contribution in [0.5, 0.6) is 0 Å².